The molecule has 0 radical (unpaired) electrons. The predicted molar refractivity (Wildman–Crippen MR) is 144 cm³/mol. The number of hydrogen-bond acceptors (Lipinski definition) is 12. The normalized spacial score (nSPS) is 24.6. The summed E-state index contributed by atoms with van der Waals surface area (Å²) in [5.74, 6) is 2.92. The largest absolute Gasteiger partial charge is 0.415 e. The van der Waals surface area contributed by atoms with Crippen LogP contribution in [0.1, 0.15) is 32.1 Å². The van der Waals surface area contributed by atoms with Gasteiger partial charge < -0.3 is 29.8 Å². The predicted octanol–water partition coefficient (Wildman–Crippen LogP) is 4.09. The van der Waals surface area contributed by atoms with Crippen molar-refractivity contribution < 1.29 is 14.3 Å². The summed E-state index contributed by atoms with van der Waals surface area (Å²) in [6, 6.07) is 11.6. The van der Waals surface area contributed by atoms with E-state index in [-0.39, 0.29) is 5.54 Å². The molecule has 4 heterocycles. The average molecular weight is 533 g/mol. The van der Waals surface area contributed by atoms with Gasteiger partial charge in [-0.2, -0.15) is 9.97 Å². The number of aromatic nitrogens is 5. The molecule has 1 aliphatic heterocycles. The smallest absolute Gasteiger partial charge is 0.259 e. The van der Waals surface area contributed by atoms with Crippen molar-refractivity contribution in [2.45, 2.75) is 43.2 Å². The van der Waals surface area contributed by atoms with E-state index in [1.165, 1.54) is 11.3 Å². The van der Waals surface area contributed by atoms with Crippen molar-refractivity contribution in [3.8, 4) is 22.2 Å². The number of morpholine rings is 1. The molecule has 3 fully saturated rings. The van der Waals surface area contributed by atoms with Crippen LogP contribution in [0.2, 0.25) is 0 Å². The zero-order chi connectivity index (χ0) is 25.6. The number of ether oxygens (including phenoxy) is 1. The van der Waals surface area contributed by atoms with Crippen LogP contribution in [0, 0.1) is 0 Å². The maximum Gasteiger partial charge on any atom is 0.259 e. The van der Waals surface area contributed by atoms with Crippen molar-refractivity contribution in [2.24, 2.45) is 0 Å². The molecule has 3 N–H and O–H groups in total. The molecule has 4 aromatic rings. The van der Waals surface area contributed by atoms with Crippen LogP contribution in [0.25, 0.3) is 22.2 Å². The highest BCUT2D eigenvalue weighted by Gasteiger charge is 2.53. The van der Waals surface area contributed by atoms with E-state index in [0.29, 0.717) is 41.9 Å². The first-order chi connectivity index (χ1) is 18.5. The molecule has 3 aliphatic rings. The van der Waals surface area contributed by atoms with Gasteiger partial charge >= 0.3 is 0 Å². The lowest BCUT2D eigenvalue weighted by molar-refractivity contribution is 0.0521. The second kappa shape index (κ2) is 9.29. The van der Waals surface area contributed by atoms with Crippen molar-refractivity contribution >= 4 is 34.1 Å². The Bertz CT molecular complexity index is 1430. The summed E-state index contributed by atoms with van der Waals surface area (Å²) in [5, 5.41) is 26.7. The van der Waals surface area contributed by atoms with Crippen LogP contribution in [0.4, 0.5) is 22.7 Å². The van der Waals surface area contributed by atoms with Gasteiger partial charge in [0.25, 0.3) is 5.89 Å². The molecule has 0 spiro atoms. The van der Waals surface area contributed by atoms with E-state index in [4.69, 9.17) is 19.1 Å². The van der Waals surface area contributed by atoms with Crippen LogP contribution in [-0.2, 0) is 4.74 Å². The third-order valence-corrected chi connectivity index (χ3v) is 8.53. The summed E-state index contributed by atoms with van der Waals surface area (Å²) in [6.07, 6.45) is 5.93. The molecule has 12 heteroatoms. The zero-order valence-corrected chi connectivity index (χ0v) is 21.6. The molecule has 7 rings (SSSR count). The van der Waals surface area contributed by atoms with Gasteiger partial charge in [0.1, 0.15) is 16.5 Å². The molecule has 2 saturated carbocycles. The number of aliphatic hydroxyl groups is 1. The highest BCUT2D eigenvalue weighted by atomic mass is 32.1. The van der Waals surface area contributed by atoms with Gasteiger partial charge in [-0.05, 0) is 44.2 Å². The third kappa shape index (κ3) is 4.59. The lowest BCUT2D eigenvalue weighted by Gasteiger charge is -2.30. The molecule has 0 unspecified atom stereocenters. The van der Waals surface area contributed by atoms with Crippen LogP contribution >= 0.6 is 11.3 Å². The maximum atomic E-state index is 10.7. The molecule has 0 atom stereocenters. The number of nitrogens with zero attached hydrogens (tertiary/aromatic N) is 6. The number of hydrogen-bond donors (Lipinski definition) is 3. The number of benzene rings is 1. The van der Waals surface area contributed by atoms with E-state index in [0.717, 1.165) is 61.5 Å². The third-order valence-electron chi connectivity index (χ3n) is 7.63. The molecule has 11 nitrogen and oxygen atoms in total. The Balaban J connectivity index is 1.14. The average Bonchev–Trinajstić information content (AvgIpc) is 3.73. The number of nitrogens with one attached hydrogen (secondary N) is 2. The van der Waals surface area contributed by atoms with Crippen LogP contribution in [-0.4, -0.2) is 67.7 Å². The van der Waals surface area contributed by atoms with E-state index in [1.54, 1.807) is 6.20 Å². The van der Waals surface area contributed by atoms with Gasteiger partial charge in [-0.3, -0.25) is 0 Å². The van der Waals surface area contributed by atoms with Crippen LogP contribution < -0.4 is 15.5 Å². The highest BCUT2D eigenvalue weighted by molar-refractivity contribution is 7.18. The topological polar surface area (TPSA) is 134 Å². The van der Waals surface area contributed by atoms with Gasteiger partial charge in [-0.25, -0.2) is 4.98 Å². The number of thiazole rings is 1. The number of anilines is 4. The van der Waals surface area contributed by atoms with Crippen molar-refractivity contribution in [1.82, 2.24) is 25.1 Å². The summed E-state index contributed by atoms with van der Waals surface area (Å²) >= 11 is 1.41. The summed E-state index contributed by atoms with van der Waals surface area (Å²) in [4.78, 5) is 17.1. The van der Waals surface area contributed by atoms with Crippen LogP contribution in [0.3, 0.4) is 0 Å². The van der Waals surface area contributed by atoms with Crippen molar-refractivity contribution in [3.63, 3.8) is 0 Å². The quantitative estimate of drug-likeness (QED) is 0.318. The van der Waals surface area contributed by atoms with Gasteiger partial charge in [0.15, 0.2) is 5.13 Å². The molecule has 1 aromatic carbocycles. The summed E-state index contributed by atoms with van der Waals surface area (Å²) in [6.45, 7) is 2.86. The van der Waals surface area contributed by atoms with E-state index in [9.17, 15) is 5.11 Å². The van der Waals surface area contributed by atoms with E-state index in [1.807, 2.05) is 36.4 Å². The number of fused-ring (bicyclic) bond motifs is 2. The minimum atomic E-state index is -0.553. The molecule has 2 bridgehead atoms. The fraction of sp³-hybridized carbons (Fsp3) is 0.423. The van der Waals surface area contributed by atoms with Gasteiger partial charge in [-0.1, -0.05) is 29.5 Å². The van der Waals surface area contributed by atoms with E-state index in [2.05, 4.69) is 30.7 Å². The van der Waals surface area contributed by atoms with Crippen molar-refractivity contribution in [3.05, 3.63) is 42.6 Å². The summed E-state index contributed by atoms with van der Waals surface area (Å²) < 4.78 is 11.4. The molecule has 1 saturated heterocycles. The SMILES string of the molecule is OC12CCC(Nc3nc(Nc4ncc(-c5nnc(-c6ccccc6)o5)s4)cc(N4CCOCC4)n3)(CC1)C2. The van der Waals surface area contributed by atoms with Gasteiger partial charge in [0.05, 0.1) is 25.0 Å². The van der Waals surface area contributed by atoms with Gasteiger partial charge in [0.2, 0.25) is 11.8 Å². The molecule has 196 valence electrons. The first-order valence-electron chi connectivity index (χ1n) is 12.9. The second-order valence-electron chi connectivity index (χ2n) is 10.3. The van der Waals surface area contributed by atoms with Gasteiger partial charge in [0, 0.05) is 30.3 Å². The van der Waals surface area contributed by atoms with Crippen LogP contribution in [0.15, 0.2) is 47.0 Å². The molecular formula is C26H28N8O3S. The summed E-state index contributed by atoms with van der Waals surface area (Å²) in [5.41, 5.74) is 0.161. The minimum absolute atomic E-state index is 0.154. The fourth-order valence-corrected chi connectivity index (χ4v) is 6.40. The van der Waals surface area contributed by atoms with Crippen molar-refractivity contribution in [2.75, 3.05) is 41.8 Å². The number of rotatable bonds is 7. The molecule has 0 amide bonds. The monoisotopic (exact) mass is 532 g/mol. The van der Waals surface area contributed by atoms with Gasteiger partial charge in [-0.15, -0.1) is 10.2 Å². The molecular weight excluding hydrogens is 504 g/mol. The van der Waals surface area contributed by atoms with E-state index >= 15 is 0 Å². The highest BCUT2D eigenvalue weighted by Crippen LogP contribution is 2.51. The lowest BCUT2D eigenvalue weighted by Crippen LogP contribution is -2.38. The Morgan fingerprint density at radius 3 is 2.53 bits per heavy atom. The maximum absolute atomic E-state index is 10.7. The molecule has 38 heavy (non-hydrogen) atoms. The fourth-order valence-electron chi connectivity index (χ4n) is 5.65. The molecule has 2 aliphatic carbocycles. The standard InChI is InChI=1S/C26H28N8O3S/c35-26-8-6-25(16-26,7-9-26)31-23-28-19(14-20(30-23)34-10-12-36-13-11-34)29-24-27-15-18(38-24)22-33-32-21(37-22)17-4-2-1-3-5-17/h1-5,14-15,35H,6-13,16H2,(H2,27,28,29,30,31). The zero-order valence-electron chi connectivity index (χ0n) is 20.8. The van der Waals surface area contributed by atoms with Crippen molar-refractivity contribution in [1.29, 1.82) is 0 Å². The molecule has 3 aromatic heterocycles. The Hall–Kier alpha value is -3.61. The summed E-state index contributed by atoms with van der Waals surface area (Å²) in [7, 11) is 0. The second-order valence-corrected chi connectivity index (χ2v) is 11.3. The lowest BCUT2D eigenvalue weighted by atomic mass is 9.93. The first kappa shape index (κ1) is 23.5. The Morgan fingerprint density at radius 2 is 1.76 bits per heavy atom. The first-order valence-corrected chi connectivity index (χ1v) is 13.7. The van der Waals surface area contributed by atoms with Crippen LogP contribution in [0.5, 0.6) is 0 Å². The Kier molecular flexibility index (Phi) is 5.75. The Morgan fingerprint density at radius 1 is 0.974 bits per heavy atom. The van der Waals surface area contributed by atoms with E-state index < -0.39 is 5.60 Å². The Labute approximate surface area is 223 Å². The minimum Gasteiger partial charge on any atom is -0.415 e.